The minimum absolute atomic E-state index is 0. The Hall–Kier alpha value is -16.2. The van der Waals surface area contributed by atoms with Gasteiger partial charge in [-0.15, -0.1) is 47.2 Å². The van der Waals surface area contributed by atoms with E-state index in [1.165, 1.54) is 100 Å². The molecule has 0 amide bonds. The van der Waals surface area contributed by atoms with Gasteiger partial charge < -0.3 is 29.6 Å². The van der Waals surface area contributed by atoms with Crippen LogP contribution in [0.2, 0.25) is 0 Å². The van der Waals surface area contributed by atoms with Crippen molar-refractivity contribution >= 4 is 231 Å². The van der Waals surface area contributed by atoms with Crippen LogP contribution in [-0.2, 0) is 29.7 Å². The first-order chi connectivity index (χ1) is 63.5. The molecule has 0 N–H and O–H groups in total. The van der Waals surface area contributed by atoms with E-state index in [-0.39, 0.29) is 38.1 Å². The first-order valence-electron chi connectivity index (χ1n) is 43.6. The van der Waals surface area contributed by atoms with Gasteiger partial charge in [-0.2, -0.15) is 0 Å². The summed E-state index contributed by atoms with van der Waals surface area (Å²) in [6.45, 7) is 6.83. The monoisotopic (exact) mass is 1850 g/mol. The normalized spacial score (nSPS) is 11.4. The molecule has 0 saturated heterocycles. The number of carbonyl (C=O) groups excluding carboxylic acids is 2. The SMILES string of the molecule is CC(=O)CC(C)=O.Cc1cnc2c3[c-]cc(N(c4ccccc4)c4c5ccccc5cc5ccccc45)cc3c3cc(N(c4ccccc4)c4c5ccccc5cc5ccccc45)ccc3c2n1.Cc1cnc2c3[c-]cc(N(c4ccccc4)c4c5ccccc5cc5ccccc45)cc3c3cc(N(c4ccccc4)c4c5ccccc5cc5ccccc45)ccc3c2n1.[Ir+3]. The first kappa shape index (κ1) is 80.9. The molecule has 2 aromatic heterocycles. The fourth-order valence-corrected chi connectivity index (χ4v) is 19.2. The van der Waals surface area contributed by atoms with Crippen LogP contribution in [0, 0.1) is 26.0 Å². The number of hydrogen-bond acceptors (Lipinski definition) is 10. The number of hydrogen-bond donors (Lipinski definition) is 0. The molecule has 24 aromatic rings. The molecule has 0 atom stereocenters. The number of nitrogens with zero attached hydrogens (tertiary/aromatic N) is 8. The molecule has 10 nitrogen and oxygen atoms in total. The van der Waals surface area contributed by atoms with Gasteiger partial charge in [0.15, 0.2) is 0 Å². The second kappa shape index (κ2) is 34.3. The third kappa shape index (κ3) is 14.7. The van der Waals surface area contributed by atoms with E-state index < -0.39 is 0 Å². The maximum atomic E-state index is 10.0. The Morgan fingerprint density at radius 2 is 0.469 bits per heavy atom. The second-order valence-corrected chi connectivity index (χ2v) is 33.1. The zero-order valence-electron chi connectivity index (χ0n) is 71.7. The quantitative estimate of drug-likeness (QED) is 0.0453. The van der Waals surface area contributed by atoms with Crippen molar-refractivity contribution < 1.29 is 29.7 Å². The van der Waals surface area contributed by atoms with Crippen LogP contribution in [0.1, 0.15) is 31.7 Å². The van der Waals surface area contributed by atoms with Crippen molar-refractivity contribution in [1.29, 1.82) is 0 Å². The summed E-state index contributed by atoms with van der Waals surface area (Å²) in [6.07, 6.45) is 3.82. The molecule has 0 saturated carbocycles. The zero-order chi connectivity index (χ0) is 86.7. The Morgan fingerprint density at radius 1 is 0.238 bits per heavy atom. The molecule has 0 spiro atoms. The number of carbonyl (C=O) groups is 2. The number of fused-ring (bicyclic) bond motifs is 20. The van der Waals surface area contributed by atoms with E-state index in [2.05, 4.69) is 432 Å². The molecule has 0 radical (unpaired) electrons. The number of aryl methyl sites for hydroxylation is 2. The van der Waals surface area contributed by atoms with E-state index >= 15 is 0 Å². The minimum atomic E-state index is -0.0625. The van der Waals surface area contributed by atoms with Gasteiger partial charge in [-0.3, -0.25) is 19.6 Å². The summed E-state index contributed by atoms with van der Waals surface area (Å²) in [5.74, 6) is -0.125. The smallest absolute Gasteiger partial charge is 0.351 e. The van der Waals surface area contributed by atoms with E-state index in [9.17, 15) is 9.59 Å². The molecule has 24 rings (SSSR count). The summed E-state index contributed by atoms with van der Waals surface area (Å²) in [7, 11) is 0. The van der Waals surface area contributed by atoms with Crippen LogP contribution in [0.3, 0.4) is 0 Å². The van der Waals surface area contributed by atoms with Gasteiger partial charge in [0, 0.05) is 101 Å². The van der Waals surface area contributed by atoms with Gasteiger partial charge in [0.25, 0.3) is 0 Å². The van der Waals surface area contributed by atoms with Crippen molar-refractivity contribution in [2.75, 3.05) is 19.6 Å². The largest absolute Gasteiger partial charge is 3.00 e. The van der Waals surface area contributed by atoms with Crippen molar-refractivity contribution in [3.8, 4) is 0 Å². The molecule has 2 heterocycles. The first-order valence-corrected chi connectivity index (χ1v) is 43.6. The Labute approximate surface area is 765 Å². The van der Waals surface area contributed by atoms with E-state index in [0.29, 0.717) is 0 Å². The van der Waals surface area contributed by atoms with Crippen LogP contribution in [0.25, 0.3) is 151 Å². The summed E-state index contributed by atoms with van der Waals surface area (Å²) in [6, 6.07) is 152. The van der Waals surface area contributed by atoms with Crippen LogP contribution >= 0.6 is 0 Å². The molecule has 0 bridgehead atoms. The Morgan fingerprint density at radius 3 is 0.715 bits per heavy atom. The van der Waals surface area contributed by atoms with Crippen molar-refractivity contribution in [3.63, 3.8) is 0 Å². The van der Waals surface area contributed by atoms with Crippen molar-refractivity contribution in [2.24, 2.45) is 0 Å². The van der Waals surface area contributed by atoms with Crippen molar-refractivity contribution in [3.05, 3.63) is 436 Å². The number of aromatic nitrogens is 4. The predicted molar refractivity (Wildman–Crippen MR) is 541 cm³/mol. The number of benzene rings is 22. The molecule has 0 aliphatic heterocycles. The number of para-hydroxylation sites is 4. The minimum Gasteiger partial charge on any atom is -0.351 e. The van der Waals surface area contributed by atoms with E-state index in [1.807, 2.05) is 26.2 Å². The Bertz CT molecular complexity index is 7900. The van der Waals surface area contributed by atoms with Crippen molar-refractivity contribution in [2.45, 2.75) is 34.1 Å². The summed E-state index contributed by atoms with van der Waals surface area (Å²) in [5.41, 5.74) is 18.1. The fourth-order valence-electron chi connectivity index (χ4n) is 19.2. The maximum Gasteiger partial charge on any atom is 3.00 e. The molecule has 0 fully saturated rings. The summed E-state index contributed by atoms with van der Waals surface area (Å²) in [5, 5.41) is 27.3. The Kier molecular flexibility index (Phi) is 21.3. The predicted octanol–water partition coefficient (Wildman–Crippen LogP) is 31.7. The van der Waals surface area contributed by atoms with Gasteiger partial charge in [-0.1, -0.05) is 290 Å². The topological polar surface area (TPSA) is 98.7 Å². The van der Waals surface area contributed by atoms with Gasteiger partial charge >= 0.3 is 20.1 Å². The van der Waals surface area contributed by atoms with Crippen LogP contribution < -0.4 is 19.6 Å². The van der Waals surface area contributed by atoms with E-state index in [0.717, 1.165) is 145 Å². The molecule has 130 heavy (non-hydrogen) atoms. The Balaban J connectivity index is 0.000000146. The summed E-state index contributed by atoms with van der Waals surface area (Å²) < 4.78 is 0. The fraction of sp³-hybridized carbons (Fsp3) is 0.0420. The number of anilines is 12. The van der Waals surface area contributed by atoms with Crippen molar-refractivity contribution in [1.82, 2.24) is 19.9 Å². The molecule has 22 aromatic carbocycles. The van der Waals surface area contributed by atoms with Crippen LogP contribution in [0.5, 0.6) is 0 Å². The third-order valence-corrected chi connectivity index (χ3v) is 24.7. The summed E-state index contributed by atoms with van der Waals surface area (Å²) in [4.78, 5) is 50.1. The zero-order valence-corrected chi connectivity index (χ0v) is 74.1. The molecule has 0 unspecified atom stereocenters. The average molecular weight is 1850 g/mol. The van der Waals surface area contributed by atoms with Crippen LogP contribution in [0.15, 0.2) is 413 Å². The van der Waals surface area contributed by atoms with Gasteiger partial charge in [-0.05, 0) is 201 Å². The van der Waals surface area contributed by atoms with Gasteiger partial charge in [-0.25, -0.2) is 0 Å². The summed E-state index contributed by atoms with van der Waals surface area (Å²) >= 11 is 0. The number of rotatable bonds is 14. The standard InChI is InChI=1S/2C57H37N4.C5H8O2.Ir/c2*1-37-36-58-54-50-30-28-44(60(42-20-4-2-5-21-42)56-46-24-12-8-16-38(46)32-39-17-9-13-25-47(39)56)34-52(50)53-35-45(29-31-51(53)55(54)59-37)61(43-22-6-3-7-23-43)57-48-26-14-10-18-40(48)33-41-19-11-15-27-49(41)57;1-4(6)3-5(2)7;/h2*2-29,31-36H,1H3;3H2,1-2H3;/q2*-1;;+3. The average Bonchev–Trinajstić information content (AvgIpc) is 0.723. The van der Waals surface area contributed by atoms with Crippen LogP contribution in [0.4, 0.5) is 68.2 Å². The van der Waals surface area contributed by atoms with Gasteiger partial charge in [0.1, 0.15) is 11.6 Å². The molecule has 0 aliphatic rings. The molecule has 11 heteroatoms. The molecule has 0 aliphatic carbocycles. The molecular weight excluding hydrogens is 1770 g/mol. The number of Topliss-reactive ketones (excluding diaryl/α,β-unsaturated/α-hetero) is 2. The number of ketones is 2. The van der Waals surface area contributed by atoms with Crippen LogP contribution in [-0.4, -0.2) is 31.5 Å². The third-order valence-electron chi connectivity index (χ3n) is 24.7. The maximum absolute atomic E-state index is 10.0. The molecule has 618 valence electrons. The van der Waals surface area contributed by atoms with E-state index in [4.69, 9.17) is 19.9 Å². The molecular formula is C119H82IrN8O2+. The van der Waals surface area contributed by atoms with Gasteiger partial charge in [0.2, 0.25) is 0 Å². The van der Waals surface area contributed by atoms with E-state index in [1.54, 1.807) is 0 Å². The second-order valence-electron chi connectivity index (χ2n) is 33.1. The van der Waals surface area contributed by atoms with Gasteiger partial charge in [0.05, 0.1) is 51.6 Å².